The van der Waals surface area contributed by atoms with Gasteiger partial charge in [-0.25, -0.2) is 0 Å². The van der Waals surface area contributed by atoms with Crippen molar-refractivity contribution in [2.75, 3.05) is 13.1 Å². The predicted molar refractivity (Wildman–Crippen MR) is 52.6 cm³/mol. The first-order valence-corrected chi connectivity index (χ1v) is 4.51. The minimum atomic E-state index is -0.677. The molecule has 1 heterocycles. The molecule has 6 heteroatoms. The van der Waals surface area contributed by atoms with Crippen LogP contribution >= 0.6 is 0 Å². The van der Waals surface area contributed by atoms with E-state index in [4.69, 9.17) is 10.2 Å². The molecule has 0 saturated heterocycles. The van der Waals surface area contributed by atoms with Crippen LogP contribution in [0.2, 0.25) is 0 Å². The molecule has 2 amide bonds. The summed E-state index contributed by atoms with van der Waals surface area (Å²) in [7, 11) is 0. The highest BCUT2D eigenvalue weighted by atomic mass is 16.3. The van der Waals surface area contributed by atoms with Crippen molar-refractivity contribution in [1.29, 1.82) is 0 Å². The van der Waals surface area contributed by atoms with Gasteiger partial charge in [0.2, 0.25) is 0 Å². The Kier molecular flexibility index (Phi) is 4.36. The Hall–Kier alpha value is -1.82. The Labute approximate surface area is 86.8 Å². The fourth-order valence-corrected chi connectivity index (χ4v) is 0.922. The van der Waals surface area contributed by atoms with Gasteiger partial charge in [0.1, 0.15) is 0 Å². The average Bonchev–Trinajstić information content (AvgIpc) is 2.75. The van der Waals surface area contributed by atoms with Crippen LogP contribution < -0.4 is 16.4 Å². The van der Waals surface area contributed by atoms with Crippen LogP contribution in [-0.4, -0.2) is 24.9 Å². The van der Waals surface area contributed by atoms with Gasteiger partial charge in [0, 0.05) is 25.2 Å². The van der Waals surface area contributed by atoms with E-state index in [9.17, 15) is 9.59 Å². The maximum absolute atomic E-state index is 11.1. The lowest BCUT2D eigenvalue weighted by Crippen LogP contribution is -2.41. The summed E-state index contributed by atoms with van der Waals surface area (Å²) in [6.45, 7) is 0.865. The van der Waals surface area contributed by atoms with Gasteiger partial charge in [0.25, 0.3) is 0 Å². The molecule has 0 fully saturated rings. The highest BCUT2D eigenvalue weighted by Crippen LogP contribution is 1.97. The van der Waals surface area contributed by atoms with E-state index in [1.165, 1.54) is 12.5 Å². The van der Waals surface area contributed by atoms with Crippen LogP contribution in [0.25, 0.3) is 0 Å². The quantitative estimate of drug-likeness (QED) is 0.555. The third-order valence-electron chi connectivity index (χ3n) is 1.67. The fraction of sp³-hybridized carbons (Fsp3) is 0.333. The van der Waals surface area contributed by atoms with Gasteiger partial charge in [-0.05, 0) is 6.07 Å². The molecule has 0 aliphatic rings. The summed E-state index contributed by atoms with van der Waals surface area (Å²) in [6.07, 6.45) is 2.99. The summed E-state index contributed by atoms with van der Waals surface area (Å²) < 4.78 is 4.80. The van der Waals surface area contributed by atoms with Crippen LogP contribution in [0.4, 0.5) is 0 Å². The summed E-state index contributed by atoms with van der Waals surface area (Å²) in [5, 5.41) is 4.80. The van der Waals surface area contributed by atoms with E-state index in [0.717, 1.165) is 5.56 Å². The second-order valence-corrected chi connectivity index (χ2v) is 2.86. The van der Waals surface area contributed by atoms with Crippen LogP contribution in [-0.2, 0) is 16.1 Å². The van der Waals surface area contributed by atoms with Gasteiger partial charge in [-0.15, -0.1) is 0 Å². The maximum atomic E-state index is 11.1. The molecule has 0 aliphatic carbocycles. The van der Waals surface area contributed by atoms with Gasteiger partial charge in [-0.3, -0.25) is 9.59 Å². The number of hydrogen-bond donors (Lipinski definition) is 3. The Morgan fingerprint density at radius 3 is 2.67 bits per heavy atom. The monoisotopic (exact) mass is 211 g/mol. The van der Waals surface area contributed by atoms with Gasteiger partial charge in [-0.1, -0.05) is 0 Å². The third-order valence-corrected chi connectivity index (χ3v) is 1.67. The van der Waals surface area contributed by atoms with E-state index in [-0.39, 0.29) is 13.1 Å². The lowest BCUT2D eigenvalue weighted by atomic mass is 10.3. The van der Waals surface area contributed by atoms with Crippen LogP contribution in [0.5, 0.6) is 0 Å². The molecule has 6 nitrogen and oxygen atoms in total. The van der Waals surface area contributed by atoms with Crippen molar-refractivity contribution in [3.8, 4) is 0 Å². The number of hydrogen-bond acceptors (Lipinski definition) is 4. The minimum absolute atomic E-state index is 0.269. The van der Waals surface area contributed by atoms with Crippen molar-refractivity contribution >= 4 is 11.8 Å². The average molecular weight is 211 g/mol. The van der Waals surface area contributed by atoms with E-state index in [2.05, 4.69) is 10.6 Å². The zero-order chi connectivity index (χ0) is 11.1. The van der Waals surface area contributed by atoms with Gasteiger partial charge in [0.15, 0.2) is 0 Å². The first-order chi connectivity index (χ1) is 7.24. The fourth-order valence-electron chi connectivity index (χ4n) is 0.922. The molecule has 0 aromatic carbocycles. The third kappa shape index (κ3) is 3.82. The van der Waals surface area contributed by atoms with Gasteiger partial charge in [-0.2, -0.15) is 0 Å². The second-order valence-electron chi connectivity index (χ2n) is 2.86. The molecule has 1 aromatic heterocycles. The lowest BCUT2D eigenvalue weighted by molar-refractivity contribution is -0.139. The zero-order valence-electron chi connectivity index (χ0n) is 8.16. The molecule has 4 N–H and O–H groups in total. The van der Waals surface area contributed by atoms with E-state index in [1.807, 2.05) is 0 Å². The molecule has 1 rings (SSSR count). The highest BCUT2D eigenvalue weighted by molar-refractivity contribution is 6.35. The van der Waals surface area contributed by atoms with Gasteiger partial charge < -0.3 is 20.8 Å². The van der Waals surface area contributed by atoms with Crippen LogP contribution in [0.1, 0.15) is 5.56 Å². The van der Waals surface area contributed by atoms with Crippen molar-refractivity contribution in [2.45, 2.75) is 6.54 Å². The van der Waals surface area contributed by atoms with Crippen molar-refractivity contribution < 1.29 is 14.0 Å². The van der Waals surface area contributed by atoms with Crippen LogP contribution in [0.15, 0.2) is 23.0 Å². The summed E-state index contributed by atoms with van der Waals surface area (Å²) in [4.78, 5) is 22.2. The normalized spacial score (nSPS) is 9.67. The van der Waals surface area contributed by atoms with E-state index < -0.39 is 11.8 Å². The Morgan fingerprint density at radius 1 is 1.33 bits per heavy atom. The number of carbonyl (C=O) groups excluding carboxylic acids is 2. The van der Waals surface area contributed by atoms with Crippen LogP contribution in [0.3, 0.4) is 0 Å². The molecule has 0 saturated carbocycles. The first-order valence-electron chi connectivity index (χ1n) is 4.51. The molecular formula is C9H13N3O3. The first kappa shape index (κ1) is 11.3. The molecule has 0 radical (unpaired) electrons. The Balaban J connectivity index is 2.26. The molecule has 0 aliphatic heterocycles. The van der Waals surface area contributed by atoms with E-state index in [1.54, 1.807) is 6.07 Å². The number of nitrogens with two attached hydrogens (primary N) is 1. The standard InChI is InChI=1S/C9H13N3O3/c10-2-3-11-8(13)9(14)12-5-7-1-4-15-6-7/h1,4,6H,2-3,5,10H2,(H,11,13)(H,12,14). The smallest absolute Gasteiger partial charge is 0.309 e. The lowest BCUT2D eigenvalue weighted by Gasteiger charge is -2.03. The summed E-state index contributed by atoms with van der Waals surface area (Å²) in [5.41, 5.74) is 5.97. The van der Waals surface area contributed by atoms with Crippen molar-refractivity contribution in [1.82, 2.24) is 10.6 Å². The largest absolute Gasteiger partial charge is 0.472 e. The highest BCUT2D eigenvalue weighted by Gasteiger charge is 2.11. The number of nitrogens with one attached hydrogen (secondary N) is 2. The number of furan rings is 1. The number of rotatable bonds is 4. The molecule has 0 spiro atoms. The Bertz CT molecular complexity index is 321. The summed E-state index contributed by atoms with van der Waals surface area (Å²) >= 11 is 0. The molecule has 15 heavy (non-hydrogen) atoms. The molecule has 82 valence electrons. The number of carbonyl (C=O) groups is 2. The van der Waals surface area contributed by atoms with E-state index in [0.29, 0.717) is 6.54 Å². The predicted octanol–water partition coefficient (Wildman–Crippen LogP) is -1.03. The minimum Gasteiger partial charge on any atom is -0.472 e. The molecule has 1 aromatic rings. The topological polar surface area (TPSA) is 97.4 Å². The van der Waals surface area contributed by atoms with Crippen molar-refractivity contribution in [3.63, 3.8) is 0 Å². The molecular weight excluding hydrogens is 198 g/mol. The van der Waals surface area contributed by atoms with Gasteiger partial charge in [0.05, 0.1) is 12.5 Å². The molecule has 0 bridgehead atoms. The zero-order valence-corrected chi connectivity index (χ0v) is 8.16. The summed E-state index contributed by atoms with van der Waals surface area (Å²) in [6, 6.07) is 1.71. The van der Waals surface area contributed by atoms with Crippen molar-refractivity contribution in [2.24, 2.45) is 5.73 Å². The number of amides is 2. The second kappa shape index (κ2) is 5.82. The molecule has 0 atom stereocenters. The van der Waals surface area contributed by atoms with Crippen molar-refractivity contribution in [3.05, 3.63) is 24.2 Å². The molecule has 0 unspecified atom stereocenters. The van der Waals surface area contributed by atoms with E-state index >= 15 is 0 Å². The maximum Gasteiger partial charge on any atom is 0.309 e. The Morgan fingerprint density at radius 2 is 2.07 bits per heavy atom. The SMILES string of the molecule is NCCNC(=O)C(=O)NCc1ccoc1. The van der Waals surface area contributed by atoms with Gasteiger partial charge >= 0.3 is 11.8 Å². The summed E-state index contributed by atoms with van der Waals surface area (Å²) in [5.74, 6) is -1.35. The van der Waals surface area contributed by atoms with Crippen LogP contribution in [0, 0.1) is 0 Å².